The fourth-order valence-corrected chi connectivity index (χ4v) is 2.98. The summed E-state index contributed by atoms with van der Waals surface area (Å²) in [5.41, 5.74) is 1.29. The molecule has 0 bridgehead atoms. The van der Waals surface area contributed by atoms with Gasteiger partial charge in [-0.15, -0.1) is 0 Å². The van der Waals surface area contributed by atoms with Gasteiger partial charge >= 0.3 is 5.97 Å². The van der Waals surface area contributed by atoms with Crippen molar-refractivity contribution < 1.29 is 19.1 Å². The number of hydrogen-bond donors (Lipinski definition) is 1. The molecule has 0 radical (unpaired) electrons. The summed E-state index contributed by atoms with van der Waals surface area (Å²) < 4.78 is 5.71. The molecule has 0 saturated carbocycles. The normalized spacial score (nSPS) is 20.3. The van der Waals surface area contributed by atoms with E-state index in [1.165, 1.54) is 5.56 Å². The molecule has 3 rings (SSSR count). The van der Waals surface area contributed by atoms with Crippen LogP contribution in [0, 0.1) is 5.41 Å². The Labute approximate surface area is 140 Å². The summed E-state index contributed by atoms with van der Waals surface area (Å²) in [5, 5.41) is 9.28. The van der Waals surface area contributed by atoms with Crippen LogP contribution < -0.4 is 0 Å². The van der Waals surface area contributed by atoms with Gasteiger partial charge in [0.25, 0.3) is 5.91 Å². The molecule has 1 atom stereocenters. The predicted molar refractivity (Wildman–Crippen MR) is 89.8 cm³/mol. The van der Waals surface area contributed by atoms with Crippen molar-refractivity contribution >= 4 is 11.9 Å². The van der Waals surface area contributed by atoms with Gasteiger partial charge in [0.1, 0.15) is 5.76 Å². The molecule has 0 spiro atoms. The smallest absolute Gasteiger partial charge is 0.311 e. The van der Waals surface area contributed by atoms with Gasteiger partial charge < -0.3 is 14.4 Å². The standard InChI is InChI=1S/C19H21NO4/c1-3-13-4-6-14(7-5-13)15-8-9-16(24-15)17(21)20-11-10-19(2,12-20)18(22)23/h4-9H,3,10-12H2,1-2H3,(H,22,23). The maximum absolute atomic E-state index is 12.5. The zero-order chi connectivity index (χ0) is 17.3. The third-order valence-corrected chi connectivity index (χ3v) is 4.74. The van der Waals surface area contributed by atoms with Gasteiger partial charge in [-0.3, -0.25) is 9.59 Å². The quantitative estimate of drug-likeness (QED) is 0.934. The van der Waals surface area contributed by atoms with E-state index < -0.39 is 11.4 Å². The summed E-state index contributed by atoms with van der Waals surface area (Å²) in [5.74, 6) is -0.231. The minimum Gasteiger partial charge on any atom is -0.481 e. The van der Waals surface area contributed by atoms with Crippen LogP contribution in [0.2, 0.25) is 0 Å². The lowest BCUT2D eigenvalue weighted by Crippen LogP contribution is -2.34. The van der Waals surface area contributed by atoms with Crippen LogP contribution >= 0.6 is 0 Å². The first-order valence-corrected chi connectivity index (χ1v) is 8.15. The zero-order valence-corrected chi connectivity index (χ0v) is 13.9. The first kappa shape index (κ1) is 16.3. The number of amides is 1. The Morgan fingerprint density at radius 1 is 1.21 bits per heavy atom. The number of likely N-dealkylation sites (tertiary alicyclic amines) is 1. The lowest BCUT2D eigenvalue weighted by molar-refractivity contribution is -0.147. The molecule has 5 nitrogen and oxygen atoms in total. The molecule has 1 aliphatic rings. The first-order valence-electron chi connectivity index (χ1n) is 8.15. The highest BCUT2D eigenvalue weighted by atomic mass is 16.4. The number of nitrogens with zero attached hydrogens (tertiary/aromatic N) is 1. The topological polar surface area (TPSA) is 70.8 Å². The minimum atomic E-state index is -0.874. The van der Waals surface area contributed by atoms with Crippen LogP contribution in [0.25, 0.3) is 11.3 Å². The summed E-state index contributed by atoms with van der Waals surface area (Å²) in [6.07, 6.45) is 1.43. The number of rotatable bonds is 4. The van der Waals surface area contributed by atoms with Gasteiger partial charge in [-0.2, -0.15) is 0 Å². The number of aliphatic carboxylic acids is 1. The van der Waals surface area contributed by atoms with Crippen molar-refractivity contribution in [2.45, 2.75) is 26.7 Å². The molecule has 126 valence electrons. The molecule has 24 heavy (non-hydrogen) atoms. The monoisotopic (exact) mass is 327 g/mol. The molecule has 2 aromatic rings. The van der Waals surface area contributed by atoms with Crippen LogP contribution in [0.5, 0.6) is 0 Å². The summed E-state index contributed by atoms with van der Waals surface area (Å²) in [6.45, 7) is 4.41. The Kier molecular flexibility index (Phi) is 4.18. The predicted octanol–water partition coefficient (Wildman–Crippen LogP) is 3.45. The Balaban J connectivity index is 1.75. The van der Waals surface area contributed by atoms with Crippen LogP contribution in [0.3, 0.4) is 0 Å². The number of carbonyl (C=O) groups excluding carboxylic acids is 1. The molecule has 1 unspecified atom stereocenters. The van der Waals surface area contributed by atoms with Crippen LogP contribution in [0.15, 0.2) is 40.8 Å². The van der Waals surface area contributed by atoms with Gasteiger partial charge in [0.15, 0.2) is 5.76 Å². The van der Waals surface area contributed by atoms with Crippen molar-refractivity contribution in [3.8, 4) is 11.3 Å². The van der Waals surface area contributed by atoms with E-state index in [-0.39, 0.29) is 18.2 Å². The van der Waals surface area contributed by atoms with E-state index in [0.29, 0.717) is 18.7 Å². The van der Waals surface area contributed by atoms with Crippen LogP contribution in [0.1, 0.15) is 36.4 Å². The number of aryl methyl sites for hydroxylation is 1. The molecule has 1 aliphatic heterocycles. The molecule has 1 aromatic carbocycles. The molecule has 1 amide bonds. The van der Waals surface area contributed by atoms with E-state index in [2.05, 4.69) is 6.92 Å². The molecular weight excluding hydrogens is 306 g/mol. The highest BCUT2D eigenvalue weighted by Gasteiger charge is 2.42. The Morgan fingerprint density at radius 2 is 1.92 bits per heavy atom. The molecule has 2 heterocycles. The largest absolute Gasteiger partial charge is 0.481 e. The number of carbonyl (C=O) groups is 2. The number of furan rings is 1. The van der Waals surface area contributed by atoms with Gasteiger partial charge in [0.05, 0.1) is 5.41 Å². The van der Waals surface area contributed by atoms with Crippen LogP contribution in [-0.4, -0.2) is 35.0 Å². The highest BCUT2D eigenvalue weighted by Crippen LogP contribution is 2.32. The number of carboxylic acid groups (broad SMARTS) is 1. The third kappa shape index (κ3) is 2.94. The van der Waals surface area contributed by atoms with E-state index in [4.69, 9.17) is 4.42 Å². The summed E-state index contributed by atoms with van der Waals surface area (Å²) in [4.78, 5) is 25.4. The van der Waals surface area contributed by atoms with Gasteiger partial charge in [0.2, 0.25) is 0 Å². The zero-order valence-electron chi connectivity index (χ0n) is 13.9. The van der Waals surface area contributed by atoms with Crippen molar-refractivity contribution in [2.24, 2.45) is 5.41 Å². The summed E-state index contributed by atoms with van der Waals surface area (Å²) in [6, 6.07) is 11.5. The van der Waals surface area contributed by atoms with Gasteiger partial charge in [-0.1, -0.05) is 31.2 Å². The Hall–Kier alpha value is -2.56. The van der Waals surface area contributed by atoms with Crippen LogP contribution in [-0.2, 0) is 11.2 Å². The second-order valence-electron chi connectivity index (χ2n) is 6.56. The second-order valence-corrected chi connectivity index (χ2v) is 6.56. The maximum Gasteiger partial charge on any atom is 0.311 e. The molecule has 1 fully saturated rings. The molecule has 5 heteroatoms. The van der Waals surface area contributed by atoms with Gasteiger partial charge in [-0.25, -0.2) is 0 Å². The average Bonchev–Trinajstić information content (AvgIpc) is 3.22. The fraction of sp³-hybridized carbons (Fsp3) is 0.368. The Morgan fingerprint density at radius 3 is 2.50 bits per heavy atom. The lowest BCUT2D eigenvalue weighted by Gasteiger charge is -2.19. The number of benzene rings is 1. The summed E-state index contributed by atoms with van der Waals surface area (Å²) in [7, 11) is 0. The van der Waals surface area contributed by atoms with E-state index in [1.54, 1.807) is 24.0 Å². The molecule has 1 N–H and O–H groups in total. The second kappa shape index (κ2) is 6.15. The van der Waals surface area contributed by atoms with E-state index >= 15 is 0 Å². The maximum atomic E-state index is 12.5. The molecule has 1 aromatic heterocycles. The van der Waals surface area contributed by atoms with E-state index in [9.17, 15) is 14.7 Å². The number of carboxylic acids is 1. The van der Waals surface area contributed by atoms with Crippen molar-refractivity contribution in [2.75, 3.05) is 13.1 Å². The average molecular weight is 327 g/mol. The fourth-order valence-electron chi connectivity index (χ4n) is 2.98. The Bertz CT molecular complexity index is 762. The molecule has 1 saturated heterocycles. The van der Waals surface area contributed by atoms with Crippen LogP contribution in [0.4, 0.5) is 0 Å². The van der Waals surface area contributed by atoms with Crippen molar-refractivity contribution in [3.05, 3.63) is 47.7 Å². The highest BCUT2D eigenvalue weighted by molar-refractivity contribution is 5.93. The van der Waals surface area contributed by atoms with E-state index in [0.717, 1.165) is 12.0 Å². The van der Waals surface area contributed by atoms with Gasteiger partial charge in [-0.05, 0) is 37.5 Å². The third-order valence-electron chi connectivity index (χ3n) is 4.74. The first-order chi connectivity index (χ1) is 11.4. The summed E-state index contributed by atoms with van der Waals surface area (Å²) >= 11 is 0. The minimum absolute atomic E-state index is 0.211. The number of hydrogen-bond acceptors (Lipinski definition) is 3. The van der Waals surface area contributed by atoms with Gasteiger partial charge in [0, 0.05) is 18.7 Å². The van der Waals surface area contributed by atoms with E-state index in [1.807, 2.05) is 24.3 Å². The molecule has 0 aliphatic carbocycles. The molecular formula is C19H21NO4. The SMILES string of the molecule is CCc1ccc(-c2ccc(C(=O)N3CCC(C)(C(=O)O)C3)o2)cc1. The van der Waals surface area contributed by atoms with Crippen molar-refractivity contribution in [1.82, 2.24) is 4.90 Å². The van der Waals surface area contributed by atoms with Crippen molar-refractivity contribution in [1.29, 1.82) is 0 Å². The lowest BCUT2D eigenvalue weighted by atomic mass is 9.90. The van der Waals surface area contributed by atoms with Crippen molar-refractivity contribution in [3.63, 3.8) is 0 Å².